The molecule has 23 heavy (non-hydrogen) atoms. The first-order chi connectivity index (χ1) is 11.1. The summed E-state index contributed by atoms with van der Waals surface area (Å²) >= 11 is 1.71. The van der Waals surface area contributed by atoms with Gasteiger partial charge in [0.05, 0.1) is 6.54 Å². The molecule has 4 nitrogen and oxygen atoms in total. The maximum atomic E-state index is 13.8. The molecule has 0 amide bonds. The summed E-state index contributed by atoms with van der Waals surface area (Å²) in [6, 6.07) is 9.34. The lowest BCUT2D eigenvalue weighted by Crippen LogP contribution is -2.36. The van der Waals surface area contributed by atoms with Crippen LogP contribution in [0.25, 0.3) is 0 Å². The van der Waals surface area contributed by atoms with Crippen molar-refractivity contribution in [2.75, 3.05) is 21.1 Å². The Morgan fingerprint density at radius 1 is 1.22 bits per heavy atom. The fourth-order valence-electron chi connectivity index (χ4n) is 2.19. The van der Waals surface area contributed by atoms with Crippen LogP contribution in [0.15, 0.2) is 40.7 Å². The van der Waals surface area contributed by atoms with Gasteiger partial charge in [0.1, 0.15) is 5.82 Å². The number of guanidine groups is 1. The molecule has 0 fully saturated rings. The summed E-state index contributed by atoms with van der Waals surface area (Å²) in [5.41, 5.74) is 1.73. The minimum atomic E-state index is -0.164. The quantitative estimate of drug-likeness (QED) is 0.630. The molecule has 0 aliphatic heterocycles. The second-order valence-corrected chi connectivity index (χ2v) is 6.55. The first-order valence-corrected chi connectivity index (χ1v) is 8.35. The van der Waals surface area contributed by atoms with Crippen molar-refractivity contribution in [3.05, 3.63) is 57.5 Å². The largest absolute Gasteiger partial charge is 0.352 e. The highest BCUT2D eigenvalue weighted by atomic mass is 32.1. The molecule has 2 N–H and O–H groups in total. The minimum absolute atomic E-state index is 0.164. The van der Waals surface area contributed by atoms with Crippen LogP contribution in [0.3, 0.4) is 0 Å². The molecule has 1 aromatic carbocycles. The van der Waals surface area contributed by atoms with Gasteiger partial charge in [-0.25, -0.2) is 4.39 Å². The van der Waals surface area contributed by atoms with Crippen molar-refractivity contribution in [1.29, 1.82) is 0 Å². The van der Waals surface area contributed by atoms with Gasteiger partial charge in [0.25, 0.3) is 0 Å². The molecule has 2 aromatic rings. The Bertz CT molecular complexity index is 638. The number of aliphatic imine (C=N–C) groups is 1. The zero-order valence-corrected chi connectivity index (χ0v) is 14.6. The fourth-order valence-corrected chi connectivity index (χ4v) is 2.83. The predicted molar refractivity (Wildman–Crippen MR) is 95.1 cm³/mol. The minimum Gasteiger partial charge on any atom is -0.352 e. The van der Waals surface area contributed by atoms with E-state index in [0.717, 1.165) is 18.1 Å². The van der Waals surface area contributed by atoms with E-state index in [-0.39, 0.29) is 5.82 Å². The zero-order chi connectivity index (χ0) is 16.7. The van der Waals surface area contributed by atoms with E-state index < -0.39 is 0 Å². The van der Waals surface area contributed by atoms with Crippen molar-refractivity contribution in [1.82, 2.24) is 15.5 Å². The third kappa shape index (κ3) is 5.65. The van der Waals surface area contributed by atoms with Crippen LogP contribution in [0, 0.1) is 5.82 Å². The summed E-state index contributed by atoms with van der Waals surface area (Å²) in [5.74, 6) is 0.569. The third-order valence-corrected chi connectivity index (χ3v) is 4.17. The molecule has 0 saturated heterocycles. The number of thiophene rings is 1. The van der Waals surface area contributed by atoms with Gasteiger partial charge in [0, 0.05) is 30.6 Å². The van der Waals surface area contributed by atoms with Crippen LogP contribution in [0.1, 0.15) is 16.0 Å². The Hall–Kier alpha value is -1.92. The maximum Gasteiger partial charge on any atom is 0.191 e. The zero-order valence-electron chi connectivity index (χ0n) is 13.8. The van der Waals surface area contributed by atoms with E-state index in [1.54, 1.807) is 24.5 Å². The first-order valence-electron chi connectivity index (χ1n) is 7.47. The highest BCUT2D eigenvalue weighted by Crippen LogP contribution is 2.12. The predicted octanol–water partition coefficient (Wildman–Crippen LogP) is 2.81. The van der Waals surface area contributed by atoms with Crippen LogP contribution in [0.5, 0.6) is 0 Å². The van der Waals surface area contributed by atoms with Gasteiger partial charge in [-0.2, -0.15) is 0 Å². The van der Waals surface area contributed by atoms with E-state index >= 15 is 0 Å². The van der Waals surface area contributed by atoms with E-state index in [4.69, 9.17) is 0 Å². The average molecular weight is 334 g/mol. The smallest absolute Gasteiger partial charge is 0.191 e. The Balaban J connectivity index is 1.90. The Labute approximate surface area is 141 Å². The summed E-state index contributed by atoms with van der Waals surface area (Å²) in [6.45, 7) is 1.93. The van der Waals surface area contributed by atoms with Crippen molar-refractivity contribution in [2.45, 2.75) is 19.6 Å². The molecule has 6 heteroatoms. The van der Waals surface area contributed by atoms with Crippen molar-refractivity contribution in [2.24, 2.45) is 4.99 Å². The molecule has 0 unspecified atom stereocenters. The van der Waals surface area contributed by atoms with Gasteiger partial charge in [-0.15, -0.1) is 11.3 Å². The van der Waals surface area contributed by atoms with Crippen molar-refractivity contribution < 1.29 is 4.39 Å². The molecule has 1 aromatic heterocycles. The highest BCUT2D eigenvalue weighted by molar-refractivity contribution is 7.09. The highest BCUT2D eigenvalue weighted by Gasteiger charge is 2.06. The van der Waals surface area contributed by atoms with E-state index in [1.807, 2.05) is 31.1 Å². The van der Waals surface area contributed by atoms with Gasteiger partial charge in [-0.3, -0.25) is 4.99 Å². The summed E-state index contributed by atoms with van der Waals surface area (Å²) < 4.78 is 13.8. The van der Waals surface area contributed by atoms with E-state index in [9.17, 15) is 4.39 Å². The number of benzene rings is 1. The van der Waals surface area contributed by atoms with E-state index in [1.165, 1.54) is 10.9 Å². The standard InChI is InChI=1S/C17H23FN4S/c1-19-17(21-11-15-5-4-8-23-15)20-10-13-6-7-16(18)14(9-13)12-22(2)3/h4-9H,10-12H2,1-3H3,(H2,19,20,21). The fraction of sp³-hybridized carbons (Fsp3) is 0.353. The third-order valence-electron chi connectivity index (χ3n) is 3.29. The van der Waals surface area contributed by atoms with Gasteiger partial charge in [-0.05, 0) is 43.2 Å². The lowest BCUT2D eigenvalue weighted by molar-refractivity contribution is 0.392. The maximum absolute atomic E-state index is 13.8. The van der Waals surface area contributed by atoms with Crippen LogP contribution >= 0.6 is 11.3 Å². The Morgan fingerprint density at radius 2 is 2.00 bits per heavy atom. The van der Waals surface area contributed by atoms with Gasteiger partial charge in [0.2, 0.25) is 0 Å². The Kier molecular flexibility index (Phi) is 6.55. The second kappa shape index (κ2) is 8.64. The van der Waals surface area contributed by atoms with Crippen LogP contribution in [0.4, 0.5) is 4.39 Å². The van der Waals surface area contributed by atoms with Gasteiger partial charge >= 0.3 is 0 Å². The average Bonchev–Trinajstić information content (AvgIpc) is 3.03. The van der Waals surface area contributed by atoms with Gasteiger partial charge in [0.15, 0.2) is 5.96 Å². The summed E-state index contributed by atoms with van der Waals surface area (Å²) in [5, 5.41) is 8.58. The molecule has 0 aliphatic carbocycles. The number of rotatable bonds is 6. The van der Waals surface area contributed by atoms with Crippen LogP contribution < -0.4 is 10.6 Å². The van der Waals surface area contributed by atoms with Gasteiger partial charge < -0.3 is 15.5 Å². The number of nitrogens with zero attached hydrogens (tertiary/aromatic N) is 2. The number of hydrogen-bond donors (Lipinski definition) is 2. The molecule has 0 atom stereocenters. The Morgan fingerprint density at radius 3 is 2.65 bits per heavy atom. The first kappa shape index (κ1) is 17.4. The monoisotopic (exact) mass is 334 g/mol. The molecule has 0 bridgehead atoms. The lowest BCUT2D eigenvalue weighted by atomic mass is 10.1. The van der Waals surface area contributed by atoms with Crippen molar-refractivity contribution >= 4 is 17.3 Å². The van der Waals surface area contributed by atoms with Gasteiger partial charge in [-0.1, -0.05) is 12.1 Å². The summed E-state index contributed by atoms with van der Waals surface area (Å²) in [4.78, 5) is 7.42. The SMILES string of the molecule is CN=C(NCc1ccc(F)c(CN(C)C)c1)NCc1cccs1. The number of hydrogen-bond acceptors (Lipinski definition) is 3. The molecule has 2 rings (SSSR count). The van der Waals surface area contributed by atoms with Crippen LogP contribution in [-0.4, -0.2) is 32.0 Å². The number of halogens is 1. The van der Waals surface area contributed by atoms with Crippen LogP contribution in [0.2, 0.25) is 0 Å². The number of nitrogens with one attached hydrogen (secondary N) is 2. The van der Waals surface area contributed by atoms with Crippen LogP contribution in [-0.2, 0) is 19.6 Å². The lowest BCUT2D eigenvalue weighted by Gasteiger charge is -2.14. The summed E-state index contributed by atoms with van der Waals surface area (Å²) in [6.07, 6.45) is 0. The molecule has 1 heterocycles. The molecular weight excluding hydrogens is 311 g/mol. The normalized spacial score (nSPS) is 11.8. The molecule has 0 aliphatic rings. The molecule has 0 spiro atoms. The molecular formula is C17H23FN4S. The molecule has 124 valence electrons. The van der Waals surface area contributed by atoms with Crippen molar-refractivity contribution in [3.8, 4) is 0 Å². The molecule has 0 saturated carbocycles. The second-order valence-electron chi connectivity index (χ2n) is 5.52. The summed E-state index contributed by atoms with van der Waals surface area (Å²) in [7, 11) is 5.60. The molecule has 0 radical (unpaired) electrons. The van der Waals surface area contributed by atoms with E-state index in [0.29, 0.717) is 18.7 Å². The van der Waals surface area contributed by atoms with E-state index in [2.05, 4.69) is 27.1 Å². The topological polar surface area (TPSA) is 39.7 Å². The van der Waals surface area contributed by atoms with Crippen molar-refractivity contribution in [3.63, 3.8) is 0 Å².